The number of hydrogen-bond acceptors (Lipinski definition) is 5. The van der Waals surface area contributed by atoms with Gasteiger partial charge in [0.2, 0.25) is 0 Å². The number of hydrogen-bond donors (Lipinski definition) is 0. The third-order valence-electron chi connectivity index (χ3n) is 4.13. The topological polar surface area (TPSA) is 74.1 Å². The highest BCUT2D eigenvalue weighted by Crippen LogP contribution is 2.26. The molecule has 0 spiro atoms. The highest BCUT2D eigenvalue weighted by atomic mass is 32.2. The van der Waals surface area contributed by atoms with E-state index in [2.05, 4.69) is 4.98 Å². The number of benzene rings is 1. The van der Waals surface area contributed by atoms with E-state index in [-0.39, 0.29) is 5.25 Å². The first-order valence-electron chi connectivity index (χ1n) is 7.52. The fourth-order valence-corrected chi connectivity index (χ4v) is 4.61. The summed E-state index contributed by atoms with van der Waals surface area (Å²) in [6, 6.07) is 16.0. The minimum atomic E-state index is -3.28. The van der Waals surface area contributed by atoms with Gasteiger partial charge in [-0.1, -0.05) is 24.3 Å². The molecular weight excluding hydrogens is 310 g/mol. The first-order chi connectivity index (χ1) is 11.1. The molecule has 1 saturated heterocycles. The van der Waals surface area contributed by atoms with Gasteiger partial charge in [-0.05, 0) is 37.1 Å². The molecule has 0 aliphatic carbocycles. The van der Waals surface area contributed by atoms with Gasteiger partial charge in [0.15, 0.2) is 9.84 Å². The van der Waals surface area contributed by atoms with Gasteiger partial charge in [-0.15, -0.1) is 0 Å². The van der Waals surface area contributed by atoms with E-state index in [9.17, 15) is 8.42 Å². The molecule has 1 aromatic heterocycles. The SMILES string of the molecule is N#Cc1cccc(N2CCC(S(=O)(=O)c3ccccc3)CC2)n1. The van der Waals surface area contributed by atoms with Crippen molar-refractivity contribution in [2.75, 3.05) is 18.0 Å². The average Bonchev–Trinajstić information content (AvgIpc) is 2.62. The van der Waals surface area contributed by atoms with Gasteiger partial charge in [0.05, 0.1) is 10.1 Å². The summed E-state index contributed by atoms with van der Waals surface area (Å²) in [6.45, 7) is 1.25. The Labute approximate surface area is 136 Å². The van der Waals surface area contributed by atoms with E-state index in [4.69, 9.17) is 5.26 Å². The first kappa shape index (κ1) is 15.5. The first-order valence-corrected chi connectivity index (χ1v) is 9.07. The molecule has 0 unspecified atom stereocenters. The molecule has 2 heterocycles. The number of pyridine rings is 1. The van der Waals surface area contributed by atoms with Gasteiger partial charge in [-0.2, -0.15) is 5.26 Å². The average molecular weight is 327 g/mol. The van der Waals surface area contributed by atoms with Gasteiger partial charge >= 0.3 is 0 Å². The zero-order valence-electron chi connectivity index (χ0n) is 12.6. The van der Waals surface area contributed by atoms with E-state index >= 15 is 0 Å². The molecule has 6 heteroatoms. The summed E-state index contributed by atoms with van der Waals surface area (Å²) in [5, 5.41) is 8.56. The van der Waals surface area contributed by atoms with Crippen LogP contribution in [0.2, 0.25) is 0 Å². The highest BCUT2D eigenvalue weighted by Gasteiger charge is 2.31. The Morgan fingerprint density at radius 2 is 1.74 bits per heavy atom. The van der Waals surface area contributed by atoms with Crippen LogP contribution < -0.4 is 4.90 Å². The molecule has 1 aromatic carbocycles. The van der Waals surface area contributed by atoms with Gasteiger partial charge in [-0.25, -0.2) is 13.4 Å². The smallest absolute Gasteiger partial charge is 0.181 e. The fraction of sp³-hybridized carbons (Fsp3) is 0.294. The lowest BCUT2D eigenvalue weighted by atomic mass is 10.1. The van der Waals surface area contributed by atoms with Crippen LogP contribution in [0.4, 0.5) is 5.82 Å². The van der Waals surface area contributed by atoms with Crippen LogP contribution in [0.25, 0.3) is 0 Å². The zero-order chi connectivity index (χ0) is 16.3. The summed E-state index contributed by atoms with van der Waals surface area (Å²) < 4.78 is 25.3. The van der Waals surface area contributed by atoms with Crippen LogP contribution in [0.5, 0.6) is 0 Å². The number of nitriles is 1. The minimum absolute atomic E-state index is 0.361. The summed E-state index contributed by atoms with van der Waals surface area (Å²) in [6.07, 6.45) is 1.13. The van der Waals surface area contributed by atoms with Gasteiger partial charge in [0, 0.05) is 13.1 Å². The Balaban J connectivity index is 1.72. The molecule has 118 valence electrons. The summed E-state index contributed by atoms with van der Waals surface area (Å²) in [7, 11) is -3.28. The molecule has 2 aromatic rings. The van der Waals surface area contributed by atoms with Crippen LogP contribution in [0.1, 0.15) is 18.5 Å². The predicted molar refractivity (Wildman–Crippen MR) is 87.8 cm³/mol. The van der Waals surface area contributed by atoms with Gasteiger partial charge < -0.3 is 4.90 Å². The van der Waals surface area contributed by atoms with Crippen molar-refractivity contribution in [1.29, 1.82) is 5.26 Å². The van der Waals surface area contributed by atoms with E-state index < -0.39 is 9.84 Å². The predicted octanol–water partition coefficient (Wildman–Crippen LogP) is 2.40. The lowest BCUT2D eigenvalue weighted by Crippen LogP contribution is -2.39. The Bertz CT molecular complexity index is 820. The lowest BCUT2D eigenvalue weighted by Gasteiger charge is -2.32. The fourth-order valence-electron chi connectivity index (χ4n) is 2.86. The van der Waals surface area contributed by atoms with Crippen LogP contribution >= 0.6 is 0 Å². The lowest BCUT2D eigenvalue weighted by molar-refractivity contribution is 0.528. The molecule has 1 fully saturated rings. The molecule has 1 aliphatic rings. The number of sulfone groups is 1. The van der Waals surface area contributed by atoms with E-state index in [1.807, 2.05) is 23.1 Å². The van der Waals surface area contributed by atoms with Crippen molar-refractivity contribution in [2.24, 2.45) is 0 Å². The standard InChI is InChI=1S/C17H17N3O2S/c18-13-14-5-4-8-17(19-14)20-11-9-16(10-12-20)23(21,22)15-6-2-1-3-7-15/h1-8,16H,9-12H2. The normalized spacial score (nSPS) is 16.0. The monoisotopic (exact) mass is 327 g/mol. The summed E-state index contributed by atoms with van der Waals surface area (Å²) in [5.74, 6) is 0.736. The second kappa shape index (κ2) is 6.39. The maximum Gasteiger partial charge on any atom is 0.181 e. The third-order valence-corrected chi connectivity index (χ3v) is 6.40. The third kappa shape index (κ3) is 3.20. The van der Waals surface area contributed by atoms with Crippen molar-refractivity contribution in [3.05, 3.63) is 54.2 Å². The van der Waals surface area contributed by atoms with Crippen LogP contribution in [0, 0.1) is 11.3 Å². The molecule has 0 atom stereocenters. The minimum Gasteiger partial charge on any atom is -0.356 e. The highest BCUT2D eigenvalue weighted by molar-refractivity contribution is 7.92. The molecule has 1 aliphatic heterocycles. The molecule has 3 rings (SSSR count). The Hall–Kier alpha value is -2.39. The Morgan fingerprint density at radius 3 is 2.39 bits per heavy atom. The number of piperidine rings is 1. The molecule has 0 N–H and O–H groups in total. The van der Waals surface area contributed by atoms with Crippen LogP contribution in [-0.2, 0) is 9.84 Å². The van der Waals surface area contributed by atoms with Gasteiger partial charge in [0.1, 0.15) is 17.6 Å². The second-order valence-electron chi connectivity index (χ2n) is 5.54. The van der Waals surface area contributed by atoms with Crippen molar-refractivity contribution in [3.8, 4) is 6.07 Å². The van der Waals surface area contributed by atoms with E-state index in [0.29, 0.717) is 36.5 Å². The van der Waals surface area contributed by atoms with E-state index in [1.54, 1.807) is 36.4 Å². The summed E-state index contributed by atoms with van der Waals surface area (Å²) in [5.41, 5.74) is 0.376. The van der Waals surface area contributed by atoms with E-state index in [1.165, 1.54) is 0 Å². The molecule has 0 radical (unpaired) electrons. The van der Waals surface area contributed by atoms with Crippen molar-refractivity contribution in [2.45, 2.75) is 23.0 Å². The molecule has 0 amide bonds. The second-order valence-corrected chi connectivity index (χ2v) is 7.77. The van der Waals surface area contributed by atoms with E-state index in [0.717, 1.165) is 5.82 Å². The quantitative estimate of drug-likeness (QED) is 0.865. The molecule has 5 nitrogen and oxygen atoms in total. The number of nitrogens with zero attached hydrogens (tertiary/aromatic N) is 3. The van der Waals surface area contributed by atoms with Crippen molar-refractivity contribution in [1.82, 2.24) is 4.98 Å². The zero-order valence-corrected chi connectivity index (χ0v) is 13.4. The maximum absolute atomic E-state index is 12.7. The largest absolute Gasteiger partial charge is 0.356 e. The van der Waals surface area contributed by atoms with Crippen LogP contribution in [-0.4, -0.2) is 31.7 Å². The number of rotatable bonds is 3. The molecular formula is C17H17N3O2S. The molecule has 23 heavy (non-hydrogen) atoms. The number of aromatic nitrogens is 1. The van der Waals surface area contributed by atoms with Crippen molar-refractivity contribution < 1.29 is 8.42 Å². The Morgan fingerprint density at radius 1 is 1.04 bits per heavy atom. The molecule has 0 saturated carbocycles. The van der Waals surface area contributed by atoms with Crippen LogP contribution in [0.3, 0.4) is 0 Å². The van der Waals surface area contributed by atoms with Crippen molar-refractivity contribution >= 4 is 15.7 Å². The van der Waals surface area contributed by atoms with Crippen LogP contribution in [0.15, 0.2) is 53.4 Å². The maximum atomic E-state index is 12.7. The van der Waals surface area contributed by atoms with Crippen molar-refractivity contribution in [3.63, 3.8) is 0 Å². The molecule has 0 bridgehead atoms. The van der Waals surface area contributed by atoms with Gasteiger partial charge in [0.25, 0.3) is 0 Å². The number of anilines is 1. The summed E-state index contributed by atoms with van der Waals surface area (Å²) in [4.78, 5) is 6.71. The Kier molecular flexibility index (Phi) is 4.30. The summed E-state index contributed by atoms with van der Waals surface area (Å²) >= 11 is 0. The van der Waals surface area contributed by atoms with Gasteiger partial charge in [-0.3, -0.25) is 0 Å².